The highest BCUT2D eigenvalue weighted by Gasteiger charge is 2.03. The van der Waals surface area contributed by atoms with Crippen LogP contribution in [-0.4, -0.2) is 11.1 Å². The number of aryl methyl sites for hydroxylation is 1. The summed E-state index contributed by atoms with van der Waals surface area (Å²) < 4.78 is 4.71. The molecule has 0 saturated heterocycles. The quantitative estimate of drug-likeness (QED) is 0.509. The van der Waals surface area contributed by atoms with Crippen molar-refractivity contribution in [2.45, 2.75) is 13.8 Å². The number of benzene rings is 1. The monoisotopic (exact) mass is 166 g/mol. The first kappa shape index (κ1) is 8.59. The fourth-order valence-electron chi connectivity index (χ4n) is 0.869. The number of esters is 1. The molecule has 0 aromatic heterocycles. The van der Waals surface area contributed by atoms with Crippen molar-refractivity contribution < 1.29 is 14.6 Å². The normalized spacial score (nSPS) is 9.50. The molecule has 0 heterocycles. The predicted molar refractivity (Wildman–Crippen MR) is 44.2 cm³/mol. The lowest BCUT2D eigenvalue weighted by Gasteiger charge is -2.03. The summed E-state index contributed by atoms with van der Waals surface area (Å²) in [4.78, 5) is 10.5. The van der Waals surface area contributed by atoms with Gasteiger partial charge in [0.2, 0.25) is 0 Å². The number of ether oxygens (including phenoxy) is 1. The van der Waals surface area contributed by atoms with Gasteiger partial charge in [-0.25, -0.2) is 0 Å². The Bertz CT molecular complexity index is 305. The van der Waals surface area contributed by atoms with Crippen LogP contribution >= 0.6 is 0 Å². The molecule has 0 aliphatic rings. The number of carbonyl (C=O) groups is 1. The number of hydrogen-bond donors (Lipinski definition) is 1. The van der Waals surface area contributed by atoms with Crippen molar-refractivity contribution >= 4 is 5.97 Å². The summed E-state index contributed by atoms with van der Waals surface area (Å²) in [6, 6.07) is 4.86. The summed E-state index contributed by atoms with van der Waals surface area (Å²) in [5.41, 5.74) is 0.920. The summed E-state index contributed by atoms with van der Waals surface area (Å²) in [6.45, 7) is 3.14. The van der Waals surface area contributed by atoms with E-state index in [1.165, 1.54) is 13.0 Å². The molecule has 1 N–H and O–H groups in total. The molecule has 3 heteroatoms. The van der Waals surface area contributed by atoms with Crippen molar-refractivity contribution in [1.82, 2.24) is 0 Å². The molecule has 0 unspecified atom stereocenters. The van der Waals surface area contributed by atoms with E-state index < -0.39 is 5.97 Å². The number of carbonyl (C=O) groups excluding carboxylic acids is 1. The van der Waals surface area contributed by atoms with E-state index in [1.807, 2.05) is 6.92 Å². The van der Waals surface area contributed by atoms with Crippen molar-refractivity contribution in [3.8, 4) is 11.5 Å². The second kappa shape index (κ2) is 3.26. The maximum atomic E-state index is 10.5. The van der Waals surface area contributed by atoms with Crippen LogP contribution in [0, 0.1) is 6.92 Å². The third-order valence-corrected chi connectivity index (χ3v) is 1.37. The molecule has 0 atom stereocenters. The molecule has 0 radical (unpaired) electrons. The van der Waals surface area contributed by atoms with E-state index in [9.17, 15) is 9.90 Å². The Hall–Kier alpha value is -1.51. The number of phenols is 1. The van der Waals surface area contributed by atoms with E-state index >= 15 is 0 Å². The van der Waals surface area contributed by atoms with Crippen LogP contribution < -0.4 is 4.74 Å². The first-order valence-electron chi connectivity index (χ1n) is 3.57. The van der Waals surface area contributed by atoms with Gasteiger partial charge < -0.3 is 9.84 Å². The van der Waals surface area contributed by atoms with Gasteiger partial charge in [0.1, 0.15) is 0 Å². The predicted octanol–water partition coefficient (Wildman–Crippen LogP) is 1.63. The first-order valence-corrected chi connectivity index (χ1v) is 3.57. The van der Waals surface area contributed by atoms with Crippen molar-refractivity contribution in [3.05, 3.63) is 23.8 Å². The molecule has 64 valence electrons. The number of rotatable bonds is 1. The van der Waals surface area contributed by atoms with Gasteiger partial charge in [0.25, 0.3) is 0 Å². The van der Waals surface area contributed by atoms with E-state index in [4.69, 9.17) is 4.74 Å². The molecule has 0 spiro atoms. The molecular formula is C9H10O3. The minimum absolute atomic E-state index is 0.00907. The zero-order valence-corrected chi connectivity index (χ0v) is 7.00. The molecule has 0 saturated carbocycles. The van der Waals surface area contributed by atoms with Crippen LogP contribution in [0.3, 0.4) is 0 Å². The van der Waals surface area contributed by atoms with E-state index in [0.29, 0.717) is 0 Å². The molecule has 1 aromatic rings. The van der Waals surface area contributed by atoms with Gasteiger partial charge in [0.05, 0.1) is 0 Å². The molecule has 12 heavy (non-hydrogen) atoms. The van der Waals surface area contributed by atoms with E-state index in [0.717, 1.165) is 5.56 Å². The van der Waals surface area contributed by atoms with E-state index in [2.05, 4.69) is 0 Å². The zero-order valence-electron chi connectivity index (χ0n) is 7.00. The van der Waals surface area contributed by atoms with Gasteiger partial charge in [-0.05, 0) is 24.6 Å². The van der Waals surface area contributed by atoms with Crippen molar-refractivity contribution in [1.29, 1.82) is 0 Å². The molecule has 0 amide bonds. The molecule has 3 nitrogen and oxygen atoms in total. The van der Waals surface area contributed by atoms with Crippen LogP contribution in [0.4, 0.5) is 0 Å². The van der Waals surface area contributed by atoms with Gasteiger partial charge in [-0.1, -0.05) is 6.07 Å². The average molecular weight is 166 g/mol. The van der Waals surface area contributed by atoms with Crippen molar-refractivity contribution in [2.24, 2.45) is 0 Å². The van der Waals surface area contributed by atoms with E-state index in [-0.39, 0.29) is 11.5 Å². The van der Waals surface area contributed by atoms with Crippen LogP contribution in [0.15, 0.2) is 18.2 Å². The Morgan fingerprint density at radius 2 is 2.17 bits per heavy atom. The number of hydrogen-bond acceptors (Lipinski definition) is 3. The molecule has 0 fully saturated rings. The zero-order chi connectivity index (χ0) is 9.14. The number of aromatic hydroxyl groups is 1. The highest BCUT2D eigenvalue weighted by molar-refractivity contribution is 5.70. The van der Waals surface area contributed by atoms with Gasteiger partial charge in [-0.2, -0.15) is 0 Å². The van der Waals surface area contributed by atoms with Crippen LogP contribution in [-0.2, 0) is 4.79 Å². The average Bonchev–Trinajstić information content (AvgIpc) is 1.94. The SMILES string of the molecule is CC(=O)Oc1ccc(C)cc1O. The van der Waals surface area contributed by atoms with Gasteiger partial charge in [-0.3, -0.25) is 4.79 Å². The van der Waals surface area contributed by atoms with Gasteiger partial charge >= 0.3 is 5.97 Å². The summed E-state index contributed by atoms with van der Waals surface area (Å²) in [7, 11) is 0. The minimum Gasteiger partial charge on any atom is -0.504 e. The first-order chi connectivity index (χ1) is 5.59. The standard InChI is InChI=1S/C9H10O3/c1-6-3-4-9(8(11)5-6)12-7(2)10/h3-5,11H,1-2H3. The van der Waals surface area contributed by atoms with Crippen LogP contribution in [0.2, 0.25) is 0 Å². The van der Waals surface area contributed by atoms with Crippen LogP contribution in [0.1, 0.15) is 12.5 Å². The largest absolute Gasteiger partial charge is 0.504 e. The topological polar surface area (TPSA) is 46.5 Å². The smallest absolute Gasteiger partial charge is 0.308 e. The molecule has 0 bridgehead atoms. The van der Waals surface area contributed by atoms with Gasteiger partial charge in [0.15, 0.2) is 11.5 Å². The Morgan fingerprint density at radius 1 is 1.50 bits per heavy atom. The highest BCUT2D eigenvalue weighted by atomic mass is 16.5. The molecule has 1 aromatic carbocycles. The third kappa shape index (κ3) is 1.99. The summed E-state index contributed by atoms with van der Waals surface area (Å²) in [5.74, 6) is -0.243. The highest BCUT2D eigenvalue weighted by Crippen LogP contribution is 2.26. The van der Waals surface area contributed by atoms with E-state index in [1.54, 1.807) is 12.1 Å². The van der Waals surface area contributed by atoms with Crippen LogP contribution in [0.25, 0.3) is 0 Å². The molecular weight excluding hydrogens is 156 g/mol. The maximum absolute atomic E-state index is 10.5. The lowest BCUT2D eigenvalue weighted by Crippen LogP contribution is -2.01. The summed E-state index contributed by atoms with van der Waals surface area (Å²) in [5, 5.41) is 9.26. The van der Waals surface area contributed by atoms with Crippen molar-refractivity contribution in [3.63, 3.8) is 0 Å². The second-order valence-corrected chi connectivity index (χ2v) is 2.56. The number of phenolic OH excluding ortho intramolecular Hbond substituents is 1. The Labute approximate surface area is 70.6 Å². The maximum Gasteiger partial charge on any atom is 0.308 e. The van der Waals surface area contributed by atoms with Crippen molar-refractivity contribution in [2.75, 3.05) is 0 Å². The summed E-state index contributed by atoms with van der Waals surface area (Å²) in [6.07, 6.45) is 0. The third-order valence-electron chi connectivity index (χ3n) is 1.37. The molecule has 0 aliphatic carbocycles. The second-order valence-electron chi connectivity index (χ2n) is 2.56. The van der Waals surface area contributed by atoms with Crippen LogP contribution in [0.5, 0.6) is 11.5 Å². The fraction of sp³-hybridized carbons (Fsp3) is 0.222. The lowest BCUT2D eigenvalue weighted by atomic mass is 10.2. The Kier molecular flexibility index (Phi) is 2.33. The Morgan fingerprint density at radius 3 is 2.67 bits per heavy atom. The Balaban J connectivity index is 2.93. The summed E-state index contributed by atoms with van der Waals surface area (Å²) >= 11 is 0. The van der Waals surface area contributed by atoms with Gasteiger partial charge in [-0.15, -0.1) is 0 Å². The van der Waals surface area contributed by atoms with Gasteiger partial charge in [0, 0.05) is 6.92 Å². The minimum atomic E-state index is -0.436. The fourth-order valence-corrected chi connectivity index (χ4v) is 0.869. The lowest BCUT2D eigenvalue weighted by molar-refractivity contribution is -0.132. The molecule has 1 rings (SSSR count). The molecule has 0 aliphatic heterocycles.